The number of carbonyl (C=O) groups excluding carboxylic acids is 1. The molecule has 5 heteroatoms. The van der Waals surface area contributed by atoms with Gasteiger partial charge in [-0.2, -0.15) is 5.10 Å². The summed E-state index contributed by atoms with van der Waals surface area (Å²) in [5, 5.41) is 4.23. The number of carbonyl (C=O) groups is 1. The molecule has 2 aliphatic rings. The number of hydrogen-bond acceptors (Lipinski definition) is 4. The Balaban J connectivity index is 1.39. The third kappa shape index (κ3) is 2.85. The summed E-state index contributed by atoms with van der Waals surface area (Å²) in [5.74, 6) is 1.75. The molecule has 1 aliphatic heterocycles. The maximum atomic E-state index is 12.2. The second kappa shape index (κ2) is 6.00. The van der Waals surface area contributed by atoms with Crippen molar-refractivity contribution < 1.29 is 14.3 Å². The Kier molecular flexibility index (Phi) is 3.69. The van der Waals surface area contributed by atoms with E-state index in [1.54, 1.807) is 0 Å². The van der Waals surface area contributed by atoms with Crippen LogP contribution in [0.3, 0.4) is 0 Å². The lowest BCUT2D eigenvalue weighted by Gasteiger charge is -2.04. The van der Waals surface area contributed by atoms with E-state index < -0.39 is 0 Å². The summed E-state index contributed by atoms with van der Waals surface area (Å²) in [6.07, 6.45) is 0.883. The molecule has 0 radical (unpaired) electrons. The van der Waals surface area contributed by atoms with Gasteiger partial charge in [-0.3, -0.25) is 4.79 Å². The van der Waals surface area contributed by atoms with Gasteiger partial charge >= 0.3 is 0 Å². The first-order chi connectivity index (χ1) is 11.7. The van der Waals surface area contributed by atoms with Crippen molar-refractivity contribution >= 4 is 11.6 Å². The molecule has 4 rings (SSSR count). The maximum Gasteiger partial charge on any atom is 0.243 e. The standard InChI is InChI=1S/C19H18N2O3/c1-12(14-7-8-17-18(9-14)24-11-23-17)20-21-19(22)16-10-15(16)13-5-3-2-4-6-13/h2-9,15-16H,10-11H2,1H3,(H,21,22). The van der Waals surface area contributed by atoms with Crippen molar-refractivity contribution in [3.8, 4) is 11.5 Å². The highest BCUT2D eigenvalue weighted by atomic mass is 16.7. The lowest BCUT2D eigenvalue weighted by molar-refractivity contribution is -0.122. The van der Waals surface area contributed by atoms with Crippen LogP contribution in [0.15, 0.2) is 53.6 Å². The monoisotopic (exact) mass is 322 g/mol. The van der Waals surface area contributed by atoms with E-state index in [-0.39, 0.29) is 18.6 Å². The molecule has 2 unspecified atom stereocenters. The van der Waals surface area contributed by atoms with Crippen LogP contribution in [0.25, 0.3) is 0 Å². The van der Waals surface area contributed by atoms with Crippen LogP contribution in [0.5, 0.6) is 11.5 Å². The third-order valence-electron chi connectivity index (χ3n) is 4.48. The van der Waals surface area contributed by atoms with Crippen LogP contribution < -0.4 is 14.9 Å². The molecule has 1 amide bonds. The minimum Gasteiger partial charge on any atom is -0.454 e. The summed E-state index contributed by atoms with van der Waals surface area (Å²) in [6, 6.07) is 15.8. The molecule has 122 valence electrons. The van der Waals surface area contributed by atoms with Gasteiger partial charge in [-0.25, -0.2) is 5.43 Å². The van der Waals surface area contributed by atoms with Crippen LogP contribution in [0, 0.1) is 5.92 Å². The topological polar surface area (TPSA) is 59.9 Å². The lowest BCUT2D eigenvalue weighted by Crippen LogP contribution is -2.21. The van der Waals surface area contributed by atoms with Gasteiger partial charge in [0.05, 0.1) is 5.71 Å². The molecule has 1 heterocycles. The molecule has 1 aliphatic carbocycles. The highest BCUT2D eigenvalue weighted by Crippen LogP contribution is 2.47. The summed E-state index contributed by atoms with van der Waals surface area (Å²) in [6.45, 7) is 2.10. The van der Waals surface area contributed by atoms with Gasteiger partial charge in [0.25, 0.3) is 0 Å². The lowest BCUT2D eigenvalue weighted by atomic mass is 10.1. The molecule has 0 bridgehead atoms. The zero-order valence-corrected chi connectivity index (χ0v) is 13.4. The van der Waals surface area contributed by atoms with Crippen molar-refractivity contribution in [3.63, 3.8) is 0 Å². The molecular weight excluding hydrogens is 304 g/mol. The van der Waals surface area contributed by atoms with Gasteiger partial charge in [0.2, 0.25) is 12.7 Å². The average Bonchev–Trinajstić information content (AvgIpc) is 3.29. The van der Waals surface area contributed by atoms with Crippen molar-refractivity contribution in [2.24, 2.45) is 11.0 Å². The van der Waals surface area contributed by atoms with Crippen molar-refractivity contribution in [3.05, 3.63) is 59.7 Å². The summed E-state index contributed by atoms with van der Waals surface area (Å²) in [4.78, 5) is 12.2. The first kappa shape index (κ1) is 14.8. The number of nitrogens with one attached hydrogen (secondary N) is 1. The fourth-order valence-corrected chi connectivity index (χ4v) is 2.96. The summed E-state index contributed by atoms with van der Waals surface area (Å²) >= 11 is 0. The highest BCUT2D eigenvalue weighted by Gasteiger charge is 2.43. The zero-order chi connectivity index (χ0) is 16.5. The molecule has 1 saturated carbocycles. The molecule has 24 heavy (non-hydrogen) atoms. The van der Waals surface area contributed by atoms with Crippen LogP contribution in [0.2, 0.25) is 0 Å². The Morgan fingerprint density at radius 2 is 1.92 bits per heavy atom. The molecular formula is C19H18N2O3. The van der Waals surface area contributed by atoms with Gasteiger partial charge in [-0.15, -0.1) is 0 Å². The van der Waals surface area contributed by atoms with E-state index in [0.29, 0.717) is 11.7 Å². The highest BCUT2D eigenvalue weighted by molar-refractivity contribution is 6.00. The zero-order valence-electron chi connectivity index (χ0n) is 13.4. The van der Waals surface area contributed by atoms with Gasteiger partial charge in [0, 0.05) is 11.5 Å². The van der Waals surface area contributed by atoms with Crippen LogP contribution in [-0.2, 0) is 4.79 Å². The van der Waals surface area contributed by atoms with Gasteiger partial charge in [-0.1, -0.05) is 30.3 Å². The van der Waals surface area contributed by atoms with Crippen LogP contribution in [-0.4, -0.2) is 18.4 Å². The normalized spacial score (nSPS) is 21.5. The predicted molar refractivity (Wildman–Crippen MR) is 90.2 cm³/mol. The van der Waals surface area contributed by atoms with Crippen molar-refractivity contribution in [1.82, 2.24) is 5.43 Å². The largest absolute Gasteiger partial charge is 0.454 e. The second-order valence-corrected chi connectivity index (χ2v) is 6.10. The molecule has 1 N–H and O–H groups in total. The van der Waals surface area contributed by atoms with E-state index in [4.69, 9.17) is 9.47 Å². The Labute approximate surface area is 140 Å². The second-order valence-electron chi connectivity index (χ2n) is 6.10. The predicted octanol–water partition coefficient (Wildman–Crippen LogP) is 3.06. The Bertz CT molecular complexity index is 802. The number of rotatable bonds is 4. The number of amides is 1. The average molecular weight is 322 g/mol. The number of ether oxygens (including phenoxy) is 2. The van der Waals surface area contributed by atoms with Crippen LogP contribution >= 0.6 is 0 Å². The fraction of sp³-hybridized carbons (Fsp3) is 0.263. The number of nitrogens with zero attached hydrogens (tertiary/aromatic N) is 1. The number of fused-ring (bicyclic) bond motifs is 1. The molecule has 0 spiro atoms. The molecule has 0 saturated heterocycles. The minimum atomic E-state index is -0.0241. The minimum absolute atomic E-state index is 0.0145. The molecule has 2 atom stereocenters. The summed E-state index contributed by atoms with van der Waals surface area (Å²) < 4.78 is 10.7. The van der Waals surface area contributed by atoms with E-state index in [2.05, 4.69) is 22.7 Å². The van der Waals surface area contributed by atoms with Crippen molar-refractivity contribution in [1.29, 1.82) is 0 Å². The van der Waals surface area contributed by atoms with E-state index in [0.717, 1.165) is 23.4 Å². The number of hydrazone groups is 1. The number of hydrogen-bond donors (Lipinski definition) is 1. The number of benzene rings is 2. The smallest absolute Gasteiger partial charge is 0.243 e. The SMILES string of the molecule is CC(=NNC(=O)C1CC1c1ccccc1)c1ccc2c(c1)OCO2. The van der Waals surface area contributed by atoms with E-state index in [1.165, 1.54) is 5.56 Å². The van der Waals surface area contributed by atoms with Gasteiger partial charge < -0.3 is 9.47 Å². The quantitative estimate of drug-likeness (QED) is 0.695. The summed E-state index contributed by atoms with van der Waals surface area (Å²) in [5.41, 5.74) is 5.54. The maximum absolute atomic E-state index is 12.2. The molecule has 2 aromatic carbocycles. The summed E-state index contributed by atoms with van der Waals surface area (Å²) in [7, 11) is 0. The van der Waals surface area contributed by atoms with Crippen LogP contribution in [0.1, 0.15) is 30.4 Å². The molecule has 5 nitrogen and oxygen atoms in total. The first-order valence-electron chi connectivity index (χ1n) is 8.01. The third-order valence-corrected chi connectivity index (χ3v) is 4.48. The molecule has 1 fully saturated rings. The molecule has 0 aromatic heterocycles. The van der Waals surface area contributed by atoms with Gasteiger partial charge in [0.15, 0.2) is 11.5 Å². The Hall–Kier alpha value is -2.82. The first-order valence-corrected chi connectivity index (χ1v) is 8.01. The van der Waals surface area contributed by atoms with Crippen LogP contribution in [0.4, 0.5) is 0 Å². The fourth-order valence-electron chi connectivity index (χ4n) is 2.96. The van der Waals surface area contributed by atoms with Crippen molar-refractivity contribution in [2.75, 3.05) is 6.79 Å². The Morgan fingerprint density at radius 3 is 2.75 bits per heavy atom. The van der Waals surface area contributed by atoms with E-state index in [1.807, 2.05) is 43.3 Å². The van der Waals surface area contributed by atoms with E-state index in [9.17, 15) is 4.79 Å². The van der Waals surface area contributed by atoms with Gasteiger partial charge in [-0.05, 0) is 43.0 Å². The molecule has 2 aromatic rings. The van der Waals surface area contributed by atoms with Crippen molar-refractivity contribution in [2.45, 2.75) is 19.3 Å². The Morgan fingerprint density at radius 1 is 1.12 bits per heavy atom. The van der Waals surface area contributed by atoms with Gasteiger partial charge in [0.1, 0.15) is 0 Å². The van der Waals surface area contributed by atoms with E-state index >= 15 is 0 Å².